The van der Waals surface area contributed by atoms with Crippen LogP contribution in [0.4, 0.5) is 9.18 Å². The molecule has 1 aliphatic rings. The minimum absolute atomic E-state index is 0.141. The minimum atomic E-state index is -0.356. The fraction of sp³-hybridized carbons (Fsp3) is 0.357. The highest BCUT2D eigenvalue weighted by atomic mass is 19.1. The minimum Gasteiger partial charge on any atom is -0.335 e. The molecule has 1 aromatic rings. The zero-order valence-electron chi connectivity index (χ0n) is 10.5. The molecule has 1 saturated carbocycles. The number of urea groups is 1. The average molecular weight is 261 g/mol. The van der Waals surface area contributed by atoms with Crippen LogP contribution in [-0.4, -0.2) is 18.6 Å². The number of hydrogen-bond acceptors (Lipinski definition) is 2. The van der Waals surface area contributed by atoms with Gasteiger partial charge in [-0.3, -0.25) is 0 Å². The molecule has 0 spiro atoms. The third-order valence-electron chi connectivity index (χ3n) is 2.73. The van der Waals surface area contributed by atoms with Crippen LogP contribution in [-0.2, 0) is 6.54 Å². The Kier molecular flexibility index (Phi) is 4.37. The quantitative estimate of drug-likeness (QED) is 0.713. The first-order chi connectivity index (χ1) is 9.19. The molecule has 0 bridgehead atoms. The van der Waals surface area contributed by atoms with Crippen molar-refractivity contribution in [2.45, 2.75) is 25.4 Å². The van der Waals surface area contributed by atoms with E-state index in [2.05, 4.69) is 22.5 Å². The van der Waals surface area contributed by atoms with E-state index in [4.69, 9.17) is 5.73 Å². The molecule has 19 heavy (non-hydrogen) atoms. The molecule has 4 nitrogen and oxygen atoms in total. The number of carbonyl (C=O) groups excluding carboxylic acids is 1. The molecule has 0 saturated heterocycles. The van der Waals surface area contributed by atoms with E-state index in [1.807, 2.05) is 0 Å². The molecule has 1 fully saturated rings. The van der Waals surface area contributed by atoms with Crippen molar-refractivity contribution < 1.29 is 9.18 Å². The lowest BCUT2D eigenvalue weighted by atomic mass is 10.1. The van der Waals surface area contributed by atoms with Gasteiger partial charge in [-0.25, -0.2) is 9.18 Å². The zero-order chi connectivity index (χ0) is 13.7. The lowest BCUT2D eigenvalue weighted by Crippen LogP contribution is -2.36. The molecule has 0 heterocycles. The summed E-state index contributed by atoms with van der Waals surface area (Å²) in [4.78, 5) is 11.4. The van der Waals surface area contributed by atoms with Crippen molar-refractivity contribution in [3.63, 3.8) is 0 Å². The summed E-state index contributed by atoms with van der Waals surface area (Å²) in [5, 5.41) is 5.41. The number of nitrogens with one attached hydrogen (secondary N) is 2. The van der Waals surface area contributed by atoms with E-state index in [1.54, 1.807) is 12.1 Å². The van der Waals surface area contributed by atoms with Crippen molar-refractivity contribution in [1.29, 1.82) is 0 Å². The number of benzene rings is 1. The Morgan fingerprint density at radius 2 is 2.26 bits per heavy atom. The van der Waals surface area contributed by atoms with Crippen LogP contribution in [0.25, 0.3) is 0 Å². The summed E-state index contributed by atoms with van der Waals surface area (Å²) in [6.07, 6.45) is 2.04. The number of hydrogen-bond donors (Lipinski definition) is 3. The van der Waals surface area contributed by atoms with Crippen molar-refractivity contribution in [2.24, 2.45) is 5.73 Å². The molecule has 100 valence electrons. The van der Waals surface area contributed by atoms with Gasteiger partial charge >= 0.3 is 6.03 Å². The molecule has 0 aromatic heterocycles. The van der Waals surface area contributed by atoms with E-state index in [1.165, 1.54) is 6.07 Å². The highest BCUT2D eigenvalue weighted by molar-refractivity contribution is 5.74. The molecule has 4 N–H and O–H groups in total. The number of halogens is 1. The fourth-order valence-corrected chi connectivity index (χ4v) is 1.58. The summed E-state index contributed by atoms with van der Waals surface area (Å²) in [6.45, 7) is 0.400. The summed E-state index contributed by atoms with van der Waals surface area (Å²) in [6, 6.07) is 4.57. The van der Waals surface area contributed by atoms with Gasteiger partial charge in [0.05, 0.1) is 6.54 Å². The van der Waals surface area contributed by atoms with Crippen molar-refractivity contribution in [3.8, 4) is 11.8 Å². The Balaban J connectivity index is 1.95. The predicted octanol–water partition coefficient (Wildman–Crippen LogP) is 1.10. The van der Waals surface area contributed by atoms with Crippen LogP contribution in [0, 0.1) is 17.7 Å². The van der Waals surface area contributed by atoms with E-state index >= 15 is 0 Å². The number of nitrogens with two attached hydrogens (primary N) is 1. The summed E-state index contributed by atoms with van der Waals surface area (Å²) < 4.78 is 13.6. The van der Waals surface area contributed by atoms with Crippen molar-refractivity contribution in [3.05, 3.63) is 35.1 Å². The molecule has 0 unspecified atom stereocenters. The Bertz CT molecular complexity index is 529. The summed E-state index contributed by atoms with van der Waals surface area (Å²) in [5.41, 5.74) is 6.38. The highest BCUT2D eigenvalue weighted by Gasteiger charge is 2.22. The van der Waals surface area contributed by atoms with Crippen molar-refractivity contribution >= 4 is 6.03 Å². The first-order valence-corrected chi connectivity index (χ1v) is 6.21. The van der Waals surface area contributed by atoms with Gasteiger partial charge < -0.3 is 16.4 Å². The topological polar surface area (TPSA) is 67.1 Å². The lowest BCUT2D eigenvalue weighted by Gasteiger charge is -2.07. The summed E-state index contributed by atoms with van der Waals surface area (Å²) in [7, 11) is 0. The smallest absolute Gasteiger partial charge is 0.315 e. The summed E-state index contributed by atoms with van der Waals surface area (Å²) in [5.74, 6) is 5.18. The normalized spacial score (nSPS) is 13.4. The van der Waals surface area contributed by atoms with E-state index in [9.17, 15) is 9.18 Å². The predicted molar refractivity (Wildman–Crippen MR) is 70.7 cm³/mol. The maximum Gasteiger partial charge on any atom is 0.315 e. The third kappa shape index (κ3) is 4.27. The molecule has 2 rings (SSSR count). The molecule has 5 heteroatoms. The second kappa shape index (κ2) is 6.21. The zero-order valence-corrected chi connectivity index (χ0v) is 10.5. The van der Waals surface area contributed by atoms with Gasteiger partial charge in [0.15, 0.2) is 0 Å². The first-order valence-electron chi connectivity index (χ1n) is 6.21. The van der Waals surface area contributed by atoms with Crippen molar-refractivity contribution in [1.82, 2.24) is 10.6 Å². The molecular weight excluding hydrogens is 245 g/mol. The molecule has 0 aliphatic heterocycles. The van der Waals surface area contributed by atoms with Crippen LogP contribution >= 0.6 is 0 Å². The molecule has 0 atom stereocenters. The van der Waals surface area contributed by atoms with Crippen LogP contribution in [0.5, 0.6) is 0 Å². The van der Waals surface area contributed by atoms with E-state index in [-0.39, 0.29) is 31.0 Å². The maximum atomic E-state index is 13.6. The fourth-order valence-electron chi connectivity index (χ4n) is 1.58. The van der Waals surface area contributed by atoms with Gasteiger partial charge in [0, 0.05) is 23.7 Å². The van der Waals surface area contributed by atoms with Gasteiger partial charge in [-0.1, -0.05) is 11.8 Å². The van der Waals surface area contributed by atoms with Gasteiger partial charge in [0.2, 0.25) is 0 Å². The Morgan fingerprint density at radius 1 is 1.47 bits per heavy atom. The Hall–Kier alpha value is -2.06. The molecule has 0 radical (unpaired) electrons. The van der Waals surface area contributed by atoms with E-state index in [0.717, 1.165) is 12.8 Å². The van der Waals surface area contributed by atoms with Crippen LogP contribution < -0.4 is 16.4 Å². The maximum absolute atomic E-state index is 13.6. The molecular formula is C14H16FN3O. The van der Waals surface area contributed by atoms with E-state index < -0.39 is 0 Å². The van der Waals surface area contributed by atoms with Gasteiger partial charge in [-0.15, -0.1) is 0 Å². The number of rotatable bonds is 3. The number of carbonyl (C=O) groups is 1. The Morgan fingerprint density at radius 3 is 2.95 bits per heavy atom. The van der Waals surface area contributed by atoms with Crippen molar-refractivity contribution in [2.75, 3.05) is 6.54 Å². The largest absolute Gasteiger partial charge is 0.335 e. The van der Waals surface area contributed by atoms with Gasteiger partial charge in [-0.2, -0.15) is 0 Å². The lowest BCUT2D eigenvalue weighted by molar-refractivity contribution is 0.240. The van der Waals surface area contributed by atoms with Crippen LogP contribution in [0.2, 0.25) is 0 Å². The molecule has 1 aromatic carbocycles. The number of amides is 2. The van der Waals surface area contributed by atoms with Crippen LogP contribution in [0.3, 0.4) is 0 Å². The standard InChI is InChI=1S/C14H16FN3O/c15-13-6-3-10(2-1-7-16)8-11(13)9-17-14(19)18-12-4-5-12/h3,6,8,12H,4-5,7,9,16H2,(H2,17,18,19). The second-order valence-electron chi connectivity index (χ2n) is 4.41. The van der Waals surface area contributed by atoms with Crippen LogP contribution in [0.1, 0.15) is 24.0 Å². The van der Waals surface area contributed by atoms with Gasteiger partial charge in [0.25, 0.3) is 0 Å². The monoisotopic (exact) mass is 261 g/mol. The van der Waals surface area contributed by atoms with Crippen LogP contribution in [0.15, 0.2) is 18.2 Å². The highest BCUT2D eigenvalue weighted by Crippen LogP contribution is 2.18. The SMILES string of the molecule is NCC#Cc1ccc(F)c(CNC(=O)NC2CC2)c1. The first kappa shape index (κ1) is 13.4. The van der Waals surface area contributed by atoms with Gasteiger partial charge in [-0.05, 0) is 31.0 Å². The molecule has 2 amide bonds. The second-order valence-corrected chi connectivity index (χ2v) is 4.41. The summed E-state index contributed by atoms with van der Waals surface area (Å²) >= 11 is 0. The van der Waals surface area contributed by atoms with Gasteiger partial charge in [0.1, 0.15) is 5.82 Å². The Labute approximate surface area is 111 Å². The van der Waals surface area contributed by atoms with E-state index in [0.29, 0.717) is 11.1 Å². The molecule has 1 aliphatic carbocycles. The average Bonchev–Trinajstić information content (AvgIpc) is 3.20. The third-order valence-corrected chi connectivity index (χ3v) is 2.73.